The van der Waals surface area contributed by atoms with Crippen LogP contribution in [0.5, 0.6) is 0 Å². The van der Waals surface area contributed by atoms with E-state index in [1.165, 1.54) is 0 Å². The van der Waals surface area contributed by atoms with Crippen LogP contribution in [0.3, 0.4) is 0 Å². The van der Waals surface area contributed by atoms with Crippen molar-refractivity contribution in [2.75, 3.05) is 19.8 Å². The molecule has 0 bridgehead atoms. The van der Waals surface area contributed by atoms with Gasteiger partial charge in [0.1, 0.15) is 6.61 Å². The van der Waals surface area contributed by atoms with Gasteiger partial charge in [-0.25, -0.2) is 0 Å². The molecule has 58 valence electrons. The number of ether oxygens (including phenoxy) is 1. The van der Waals surface area contributed by atoms with E-state index >= 15 is 0 Å². The SMILES string of the molecule is C=C(C)C(=O)COCCN. The third-order valence-corrected chi connectivity index (χ3v) is 0.971. The summed E-state index contributed by atoms with van der Waals surface area (Å²) in [5, 5.41) is 0. The van der Waals surface area contributed by atoms with Gasteiger partial charge < -0.3 is 10.5 Å². The second-order valence-corrected chi connectivity index (χ2v) is 2.04. The highest BCUT2D eigenvalue weighted by atomic mass is 16.5. The molecule has 0 saturated carbocycles. The Morgan fingerprint density at radius 1 is 1.70 bits per heavy atom. The van der Waals surface area contributed by atoms with Crippen molar-refractivity contribution in [2.24, 2.45) is 5.73 Å². The molecule has 0 spiro atoms. The first-order chi connectivity index (χ1) is 4.68. The maximum Gasteiger partial charge on any atom is 0.183 e. The molecule has 0 rings (SSSR count). The third kappa shape index (κ3) is 4.23. The van der Waals surface area contributed by atoms with E-state index in [4.69, 9.17) is 10.5 Å². The van der Waals surface area contributed by atoms with Gasteiger partial charge in [0, 0.05) is 6.54 Å². The number of carbonyl (C=O) groups is 1. The van der Waals surface area contributed by atoms with Crippen molar-refractivity contribution < 1.29 is 9.53 Å². The zero-order chi connectivity index (χ0) is 7.98. The van der Waals surface area contributed by atoms with Crippen LogP contribution in [0.25, 0.3) is 0 Å². The monoisotopic (exact) mass is 143 g/mol. The summed E-state index contributed by atoms with van der Waals surface area (Å²) in [4.78, 5) is 10.8. The van der Waals surface area contributed by atoms with Crippen LogP contribution in [0.15, 0.2) is 12.2 Å². The zero-order valence-corrected chi connectivity index (χ0v) is 6.22. The van der Waals surface area contributed by atoms with E-state index in [1.807, 2.05) is 0 Å². The molecule has 0 saturated heterocycles. The predicted molar refractivity (Wildman–Crippen MR) is 39.7 cm³/mol. The van der Waals surface area contributed by atoms with Gasteiger partial charge in [-0.15, -0.1) is 0 Å². The quantitative estimate of drug-likeness (QED) is 0.439. The van der Waals surface area contributed by atoms with E-state index < -0.39 is 0 Å². The highest BCUT2D eigenvalue weighted by Gasteiger charge is 1.99. The lowest BCUT2D eigenvalue weighted by atomic mass is 10.2. The van der Waals surface area contributed by atoms with Gasteiger partial charge in [0.05, 0.1) is 6.61 Å². The largest absolute Gasteiger partial charge is 0.372 e. The Morgan fingerprint density at radius 3 is 2.70 bits per heavy atom. The fraction of sp³-hybridized carbons (Fsp3) is 0.571. The van der Waals surface area contributed by atoms with Gasteiger partial charge in [0.2, 0.25) is 0 Å². The van der Waals surface area contributed by atoms with Crippen LogP contribution in [-0.2, 0) is 9.53 Å². The average molecular weight is 143 g/mol. The van der Waals surface area contributed by atoms with Crippen molar-refractivity contribution in [2.45, 2.75) is 6.92 Å². The number of Topliss-reactive ketones (excluding diaryl/α,β-unsaturated/α-hetero) is 1. The van der Waals surface area contributed by atoms with Crippen LogP contribution in [0.2, 0.25) is 0 Å². The summed E-state index contributed by atoms with van der Waals surface area (Å²) in [7, 11) is 0. The van der Waals surface area contributed by atoms with Crippen LogP contribution in [0.1, 0.15) is 6.92 Å². The molecule has 0 aromatic rings. The number of hydrogen-bond acceptors (Lipinski definition) is 3. The van der Waals surface area contributed by atoms with Crippen molar-refractivity contribution in [3.05, 3.63) is 12.2 Å². The summed E-state index contributed by atoms with van der Waals surface area (Å²) in [6.07, 6.45) is 0. The van der Waals surface area contributed by atoms with E-state index in [2.05, 4.69) is 6.58 Å². The van der Waals surface area contributed by atoms with Crippen molar-refractivity contribution in [3.8, 4) is 0 Å². The Kier molecular flexibility index (Phi) is 4.80. The van der Waals surface area contributed by atoms with Crippen LogP contribution >= 0.6 is 0 Å². The molecule has 0 aromatic carbocycles. The third-order valence-electron chi connectivity index (χ3n) is 0.971. The van der Waals surface area contributed by atoms with Gasteiger partial charge in [-0.05, 0) is 12.5 Å². The van der Waals surface area contributed by atoms with Gasteiger partial charge in [-0.2, -0.15) is 0 Å². The lowest BCUT2D eigenvalue weighted by Crippen LogP contribution is -2.14. The Bertz CT molecular complexity index is 132. The lowest BCUT2D eigenvalue weighted by molar-refractivity contribution is -0.119. The second-order valence-electron chi connectivity index (χ2n) is 2.04. The van der Waals surface area contributed by atoms with Crippen LogP contribution in [0, 0.1) is 0 Å². The van der Waals surface area contributed by atoms with Gasteiger partial charge >= 0.3 is 0 Å². The molecule has 2 N–H and O–H groups in total. The summed E-state index contributed by atoms with van der Waals surface area (Å²) in [6.45, 7) is 6.12. The molecule has 0 heterocycles. The summed E-state index contributed by atoms with van der Waals surface area (Å²) < 4.78 is 4.87. The zero-order valence-electron chi connectivity index (χ0n) is 6.22. The molecular weight excluding hydrogens is 130 g/mol. The van der Waals surface area contributed by atoms with Gasteiger partial charge in [0.15, 0.2) is 5.78 Å². The number of nitrogens with two attached hydrogens (primary N) is 1. The van der Waals surface area contributed by atoms with E-state index in [0.717, 1.165) is 0 Å². The molecule has 3 nitrogen and oxygen atoms in total. The summed E-state index contributed by atoms with van der Waals surface area (Å²) >= 11 is 0. The highest BCUT2D eigenvalue weighted by Crippen LogP contribution is 1.89. The Balaban J connectivity index is 3.31. The van der Waals surface area contributed by atoms with E-state index in [1.54, 1.807) is 6.92 Å². The first-order valence-electron chi connectivity index (χ1n) is 3.15. The Labute approximate surface area is 60.9 Å². The maximum absolute atomic E-state index is 10.8. The summed E-state index contributed by atoms with van der Waals surface area (Å²) in [6, 6.07) is 0. The predicted octanol–water partition coefficient (Wildman–Crippen LogP) is 0.107. The van der Waals surface area contributed by atoms with Crippen LogP contribution in [-0.4, -0.2) is 25.5 Å². The molecule has 10 heavy (non-hydrogen) atoms. The second kappa shape index (κ2) is 5.14. The molecular formula is C7H13NO2. The van der Waals surface area contributed by atoms with Crippen LogP contribution in [0.4, 0.5) is 0 Å². The Morgan fingerprint density at radius 2 is 2.30 bits per heavy atom. The molecule has 0 fully saturated rings. The number of ketones is 1. The van der Waals surface area contributed by atoms with Crippen molar-refractivity contribution in [1.29, 1.82) is 0 Å². The molecule has 0 amide bonds. The number of hydrogen-bond donors (Lipinski definition) is 1. The van der Waals surface area contributed by atoms with Crippen molar-refractivity contribution in [1.82, 2.24) is 0 Å². The van der Waals surface area contributed by atoms with Gasteiger partial charge in [0.25, 0.3) is 0 Å². The van der Waals surface area contributed by atoms with Crippen molar-refractivity contribution >= 4 is 5.78 Å². The highest BCUT2D eigenvalue weighted by molar-refractivity contribution is 5.95. The van der Waals surface area contributed by atoms with Crippen molar-refractivity contribution in [3.63, 3.8) is 0 Å². The molecule has 0 radical (unpaired) electrons. The first kappa shape index (κ1) is 9.33. The van der Waals surface area contributed by atoms with E-state index in [-0.39, 0.29) is 12.4 Å². The molecule has 0 atom stereocenters. The molecule has 0 unspecified atom stereocenters. The normalized spacial score (nSPS) is 9.40. The molecule has 0 aromatic heterocycles. The standard InChI is InChI=1S/C7H13NO2/c1-6(2)7(9)5-10-4-3-8/h1,3-5,8H2,2H3. The van der Waals surface area contributed by atoms with E-state index in [9.17, 15) is 4.79 Å². The first-order valence-corrected chi connectivity index (χ1v) is 3.15. The molecule has 0 aliphatic heterocycles. The van der Waals surface area contributed by atoms with Gasteiger partial charge in [-0.3, -0.25) is 4.79 Å². The summed E-state index contributed by atoms with van der Waals surface area (Å²) in [5.41, 5.74) is 5.66. The lowest BCUT2D eigenvalue weighted by Gasteiger charge is -1.99. The maximum atomic E-state index is 10.8. The fourth-order valence-electron chi connectivity index (χ4n) is 0.371. The number of carbonyl (C=O) groups excluding carboxylic acids is 1. The smallest absolute Gasteiger partial charge is 0.183 e. The summed E-state index contributed by atoms with van der Waals surface area (Å²) in [5.74, 6) is -0.0616. The average Bonchev–Trinajstić information content (AvgIpc) is 1.88. The van der Waals surface area contributed by atoms with Crippen LogP contribution < -0.4 is 5.73 Å². The minimum Gasteiger partial charge on any atom is -0.372 e. The minimum atomic E-state index is -0.0616. The molecule has 0 aliphatic rings. The Hall–Kier alpha value is -0.670. The van der Waals surface area contributed by atoms with E-state index in [0.29, 0.717) is 18.7 Å². The number of rotatable bonds is 5. The topological polar surface area (TPSA) is 52.3 Å². The molecule has 3 heteroatoms. The van der Waals surface area contributed by atoms with Gasteiger partial charge in [-0.1, -0.05) is 6.58 Å². The minimum absolute atomic E-state index is 0.0616. The fourth-order valence-corrected chi connectivity index (χ4v) is 0.371. The molecule has 0 aliphatic carbocycles.